The maximum absolute atomic E-state index is 12.1. The van der Waals surface area contributed by atoms with Gasteiger partial charge >= 0.3 is 5.97 Å². The second-order valence-electron chi connectivity index (χ2n) is 4.75. The molecule has 0 fully saturated rings. The second kappa shape index (κ2) is 6.76. The van der Waals surface area contributed by atoms with E-state index in [0.717, 1.165) is 0 Å². The molecule has 5 nitrogen and oxygen atoms in total. The standard InChI is InChI=1S/C12H15Cl2NO4S/c1-7(2)3-11(12(16)17)15-20(18,19)10-5-8(13)4-9(14)6-10/h4-7,11,15H,3H2,1-2H3,(H,16,17). The zero-order chi connectivity index (χ0) is 15.5. The average molecular weight is 340 g/mol. The van der Waals surface area contributed by atoms with Crippen molar-refractivity contribution in [1.29, 1.82) is 0 Å². The zero-order valence-electron chi connectivity index (χ0n) is 10.9. The molecule has 1 aromatic carbocycles. The molecule has 1 rings (SSSR count). The first-order valence-electron chi connectivity index (χ1n) is 5.83. The molecule has 0 radical (unpaired) electrons. The topological polar surface area (TPSA) is 83.5 Å². The van der Waals surface area contributed by atoms with E-state index in [9.17, 15) is 13.2 Å². The van der Waals surface area contributed by atoms with Gasteiger partial charge in [-0.05, 0) is 30.5 Å². The minimum atomic E-state index is -3.99. The molecule has 1 aromatic rings. The van der Waals surface area contributed by atoms with Crippen LogP contribution in [0.3, 0.4) is 0 Å². The average Bonchev–Trinajstić information content (AvgIpc) is 2.25. The van der Waals surface area contributed by atoms with Gasteiger partial charge in [0.1, 0.15) is 6.04 Å². The van der Waals surface area contributed by atoms with Crippen LogP contribution in [0, 0.1) is 5.92 Å². The largest absolute Gasteiger partial charge is 0.480 e. The van der Waals surface area contributed by atoms with E-state index < -0.39 is 22.0 Å². The van der Waals surface area contributed by atoms with Crippen molar-refractivity contribution in [3.05, 3.63) is 28.2 Å². The molecule has 1 unspecified atom stereocenters. The molecule has 20 heavy (non-hydrogen) atoms. The number of halogens is 2. The summed E-state index contributed by atoms with van der Waals surface area (Å²) >= 11 is 11.5. The second-order valence-corrected chi connectivity index (χ2v) is 7.33. The summed E-state index contributed by atoms with van der Waals surface area (Å²) in [6.07, 6.45) is 0.183. The van der Waals surface area contributed by atoms with Crippen molar-refractivity contribution in [2.45, 2.75) is 31.2 Å². The Labute approximate surface area is 127 Å². The van der Waals surface area contributed by atoms with Crippen molar-refractivity contribution in [2.24, 2.45) is 5.92 Å². The molecule has 0 heterocycles. The zero-order valence-corrected chi connectivity index (χ0v) is 13.3. The molecule has 0 aliphatic rings. The van der Waals surface area contributed by atoms with E-state index in [4.69, 9.17) is 28.3 Å². The molecular formula is C12H15Cl2NO4S. The molecule has 0 bridgehead atoms. The van der Waals surface area contributed by atoms with Crippen molar-refractivity contribution in [3.8, 4) is 0 Å². The van der Waals surface area contributed by atoms with Crippen molar-refractivity contribution in [3.63, 3.8) is 0 Å². The molecule has 0 aliphatic heterocycles. The van der Waals surface area contributed by atoms with E-state index in [1.807, 2.05) is 0 Å². The molecule has 0 aromatic heterocycles. The van der Waals surface area contributed by atoms with Crippen LogP contribution >= 0.6 is 23.2 Å². The summed E-state index contributed by atoms with van der Waals surface area (Å²) in [6.45, 7) is 3.61. The Morgan fingerprint density at radius 3 is 2.15 bits per heavy atom. The molecule has 1 atom stereocenters. The normalized spacial score (nSPS) is 13.4. The SMILES string of the molecule is CC(C)CC(NS(=O)(=O)c1cc(Cl)cc(Cl)c1)C(=O)O. The third kappa shape index (κ3) is 4.94. The molecule has 0 saturated carbocycles. The van der Waals surface area contributed by atoms with E-state index in [1.165, 1.54) is 18.2 Å². The van der Waals surface area contributed by atoms with Crippen LogP contribution in [0.25, 0.3) is 0 Å². The van der Waals surface area contributed by atoms with E-state index >= 15 is 0 Å². The van der Waals surface area contributed by atoms with Gasteiger partial charge in [-0.25, -0.2) is 8.42 Å². The quantitative estimate of drug-likeness (QED) is 0.834. The number of nitrogens with one attached hydrogen (secondary N) is 1. The fraction of sp³-hybridized carbons (Fsp3) is 0.417. The highest BCUT2D eigenvalue weighted by molar-refractivity contribution is 7.89. The van der Waals surface area contributed by atoms with Gasteiger partial charge in [-0.1, -0.05) is 37.0 Å². The lowest BCUT2D eigenvalue weighted by Crippen LogP contribution is -2.41. The number of sulfonamides is 1. The van der Waals surface area contributed by atoms with Gasteiger partial charge in [0.2, 0.25) is 10.0 Å². The van der Waals surface area contributed by atoms with Crippen LogP contribution in [0.5, 0.6) is 0 Å². The minimum Gasteiger partial charge on any atom is -0.480 e. The van der Waals surface area contributed by atoms with E-state index in [-0.39, 0.29) is 27.3 Å². The highest BCUT2D eigenvalue weighted by Gasteiger charge is 2.26. The van der Waals surface area contributed by atoms with Gasteiger partial charge in [-0.3, -0.25) is 4.79 Å². The Kier molecular flexibility index (Phi) is 5.82. The Balaban J connectivity index is 3.06. The molecular weight excluding hydrogens is 325 g/mol. The van der Waals surface area contributed by atoms with Gasteiger partial charge < -0.3 is 5.11 Å². The number of rotatable bonds is 6. The summed E-state index contributed by atoms with van der Waals surface area (Å²) in [6, 6.07) is 2.62. The maximum Gasteiger partial charge on any atom is 0.321 e. The summed E-state index contributed by atoms with van der Waals surface area (Å²) in [4.78, 5) is 10.9. The maximum atomic E-state index is 12.1. The lowest BCUT2D eigenvalue weighted by atomic mass is 10.1. The van der Waals surface area contributed by atoms with Crippen LogP contribution in [0.2, 0.25) is 10.0 Å². The van der Waals surface area contributed by atoms with Gasteiger partial charge in [0.05, 0.1) is 4.90 Å². The first-order chi connectivity index (χ1) is 9.11. The van der Waals surface area contributed by atoms with Crippen LogP contribution in [0.15, 0.2) is 23.1 Å². The molecule has 2 N–H and O–H groups in total. The molecule has 0 saturated heterocycles. The third-order valence-corrected chi connectivity index (χ3v) is 4.34. The number of carboxylic acids is 1. The Morgan fingerprint density at radius 1 is 1.25 bits per heavy atom. The summed E-state index contributed by atoms with van der Waals surface area (Å²) in [7, 11) is -3.99. The molecule has 112 valence electrons. The van der Waals surface area contributed by atoms with Crippen molar-refractivity contribution in [1.82, 2.24) is 4.72 Å². The van der Waals surface area contributed by atoms with Crippen LogP contribution < -0.4 is 4.72 Å². The van der Waals surface area contributed by atoms with Crippen LogP contribution in [0.4, 0.5) is 0 Å². The van der Waals surface area contributed by atoms with E-state index in [0.29, 0.717) is 0 Å². The fourth-order valence-corrected chi connectivity index (χ4v) is 3.54. The Bertz CT molecular complexity index is 581. The van der Waals surface area contributed by atoms with Crippen LogP contribution in [-0.4, -0.2) is 25.5 Å². The lowest BCUT2D eigenvalue weighted by molar-refractivity contribution is -0.139. The summed E-state index contributed by atoms with van der Waals surface area (Å²) in [5.74, 6) is -1.20. The summed E-state index contributed by atoms with van der Waals surface area (Å²) in [5.41, 5.74) is 0. The lowest BCUT2D eigenvalue weighted by Gasteiger charge is -2.16. The number of benzene rings is 1. The van der Waals surface area contributed by atoms with Gasteiger partial charge in [-0.15, -0.1) is 0 Å². The minimum absolute atomic E-state index is 0.0294. The monoisotopic (exact) mass is 339 g/mol. The molecule has 0 aliphatic carbocycles. The predicted octanol–water partition coefficient (Wildman–Crippen LogP) is 2.77. The van der Waals surface area contributed by atoms with E-state index in [2.05, 4.69) is 4.72 Å². The summed E-state index contributed by atoms with van der Waals surface area (Å²) in [5, 5.41) is 9.38. The third-order valence-electron chi connectivity index (χ3n) is 2.45. The van der Waals surface area contributed by atoms with Gasteiger partial charge in [-0.2, -0.15) is 4.72 Å². The molecule has 8 heteroatoms. The Hall–Kier alpha value is -0.820. The first kappa shape index (κ1) is 17.2. The highest BCUT2D eigenvalue weighted by Crippen LogP contribution is 2.22. The van der Waals surface area contributed by atoms with E-state index in [1.54, 1.807) is 13.8 Å². The Morgan fingerprint density at radius 2 is 1.75 bits per heavy atom. The number of carboxylic acid groups (broad SMARTS) is 1. The van der Waals surface area contributed by atoms with Gasteiger partial charge in [0.15, 0.2) is 0 Å². The smallest absolute Gasteiger partial charge is 0.321 e. The van der Waals surface area contributed by atoms with Crippen molar-refractivity contribution >= 4 is 39.2 Å². The number of aliphatic carboxylic acids is 1. The molecule has 0 amide bonds. The predicted molar refractivity (Wildman–Crippen MR) is 77.7 cm³/mol. The number of hydrogen-bond acceptors (Lipinski definition) is 3. The van der Waals surface area contributed by atoms with Crippen LogP contribution in [0.1, 0.15) is 20.3 Å². The van der Waals surface area contributed by atoms with Crippen LogP contribution in [-0.2, 0) is 14.8 Å². The van der Waals surface area contributed by atoms with Gasteiger partial charge in [0, 0.05) is 10.0 Å². The summed E-state index contributed by atoms with van der Waals surface area (Å²) < 4.78 is 26.4. The number of carbonyl (C=O) groups is 1. The fourth-order valence-electron chi connectivity index (χ4n) is 1.61. The molecule has 0 spiro atoms. The first-order valence-corrected chi connectivity index (χ1v) is 8.07. The number of hydrogen-bond donors (Lipinski definition) is 2. The van der Waals surface area contributed by atoms with Crippen molar-refractivity contribution in [2.75, 3.05) is 0 Å². The van der Waals surface area contributed by atoms with Crippen molar-refractivity contribution < 1.29 is 18.3 Å². The van der Waals surface area contributed by atoms with Gasteiger partial charge in [0.25, 0.3) is 0 Å². The highest BCUT2D eigenvalue weighted by atomic mass is 35.5.